The molecule has 1 saturated heterocycles. The van der Waals surface area contributed by atoms with E-state index in [9.17, 15) is 8.42 Å². The first-order valence-corrected chi connectivity index (χ1v) is 7.99. The fraction of sp³-hybridized carbons (Fsp3) is 0.750. The van der Waals surface area contributed by atoms with Crippen molar-refractivity contribution in [1.82, 2.24) is 13.9 Å². The first-order valence-electron chi connectivity index (χ1n) is 6.55. The van der Waals surface area contributed by atoms with E-state index >= 15 is 0 Å². The van der Waals surface area contributed by atoms with Gasteiger partial charge >= 0.3 is 0 Å². The van der Waals surface area contributed by atoms with Crippen LogP contribution in [0.4, 0.5) is 0 Å². The normalized spacial score (nSPS) is 29.4. The molecule has 1 aliphatic heterocycles. The van der Waals surface area contributed by atoms with Gasteiger partial charge < -0.3 is 4.57 Å². The first kappa shape index (κ1) is 12.2. The summed E-state index contributed by atoms with van der Waals surface area (Å²) in [6.07, 6.45) is 7.97. The Bertz CT molecular complexity index is 523. The molecule has 1 aliphatic carbocycles. The van der Waals surface area contributed by atoms with Crippen LogP contribution in [0.1, 0.15) is 25.7 Å². The van der Waals surface area contributed by atoms with Crippen molar-refractivity contribution in [2.75, 3.05) is 13.1 Å². The van der Waals surface area contributed by atoms with Gasteiger partial charge in [0.15, 0.2) is 5.03 Å². The number of imidazole rings is 1. The third kappa shape index (κ3) is 1.97. The second-order valence-corrected chi connectivity index (χ2v) is 7.39. The lowest BCUT2D eigenvalue weighted by Crippen LogP contribution is -2.29. The smallest absolute Gasteiger partial charge is 0.262 e. The van der Waals surface area contributed by atoms with Gasteiger partial charge in [-0.2, -0.15) is 4.31 Å². The molecule has 0 amide bonds. The minimum Gasteiger partial charge on any atom is -0.339 e. The van der Waals surface area contributed by atoms with E-state index in [0.29, 0.717) is 24.9 Å². The van der Waals surface area contributed by atoms with Crippen LogP contribution in [0, 0.1) is 11.8 Å². The van der Waals surface area contributed by atoms with E-state index in [2.05, 4.69) is 4.98 Å². The third-order valence-corrected chi connectivity index (χ3v) is 5.95. The maximum absolute atomic E-state index is 12.4. The van der Waals surface area contributed by atoms with Crippen molar-refractivity contribution in [2.45, 2.75) is 30.7 Å². The molecule has 2 unspecified atom stereocenters. The summed E-state index contributed by atoms with van der Waals surface area (Å²) in [6.45, 7) is 1.37. The Morgan fingerprint density at radius 3 is 2.33 bits per heavy atom. The molecule has 0 radical (unpaired) electrons. The average Bonchev–Trinajstić information content (AvgIpc) is 2.94. The molecular weight excluding hydrogens is 250 g/mol. The van der Waals surface area contributed by atoms with Gasteiger partial charge in [-0.3, -0.25) is 0 Å². The molecule has 1 saturated carbocycles. The van der Waals surface area contributed by atoms with Gasteiger partial charge in [0, 0.05) is 26.3 Å². The zero-order valence-electron chi connectivity index (χ0n) is 10.6. The Morgan fingerprint density at radius 1 is 1.22 bits per heavy atom. The highest BCUT2D eigenvalue weighted by Gasteiger charge is 2.40. The Hall–Kier alpha value is -0.880. The van der Waals surface area contributed by atoms with Crippen molar-refractivity contribution in [1.29, 1.82) is 0 Å². The Kier molecular flexibility index (Phi) is 2.94. The summed E-state index contributed by atoms with van der Waals surface area (Å²) < 4.78 is 28.2. The van der Waals surface area contributed by atoms with Crippen LogP contribution in [0.3, 0.4) is 0 Å². The second kappa shape index (κ2) is 4.35. The van der Waals surface area contributed by atoms with Crippen molar-refractivity contribution in [3.63, 3.8) is 0 Å². The van der Waals surface area contributed by atoms with Crippen LogP contribution in [0.15, 0.2) is 17.6 Å². The number of hydrogen-bond donors (Lipinski definition) is 0. The van der Waals surface area contributed by atoms with Crippen molar-refractivity contribution >= 4 is 10.0 Å². The lowest BCUT2D eigenvalue weighted by Gasteiger charge is -2.22. The maximum Gasteiger partial charge on any atom is 0.262 e. The van der Waals surface area contributed by atoms with Gasteiger partial charge in [0.25, 0.3) is 10.0 Å². The van der Waals surface area contributed by atoms with Gasteiger partial charge in [0.1, 0.15) is 0 Å². The average molecular weight is 269 g/mol. The third-order valence-electron chi connectivity index (χ3n) is 4.23. The molecule has 0 N–H and O–H groups in total. The molecule has 0 aromatic carbocycles. The van der Waals surface area contributed by atoms with Crippen molar-refractivity contribution in [3.8, 4) is 0 Å². The van der Waals surface area contributed by atoms with Crippen LogP contribution in [-0.4, -0.2) is 35.4 Å². The molecule has 100 valence electrons. The molecule has 1 aromatic rings. The van der Waals surface area contributed by atoms with Gasteiger partial charge in [0.05, 0.1) is 6.33 Å². The van der Waals surface area contributed by atoms with Crippen LogP contribution in [0.25, 0.3) is 0 Å². The van der Waals surface area contributed by atoms with Gasteiger partial charge in [-0.15, -0.1) is 0 Å². The summed E-state index contributed by atoms with van der Waals surface area (Å²) in [7, 11) is -1.59. The Morgan fingerprint density at radius 2 is 1.83 bits per heavy atom. The number of aryl methyl sites for hydroxylation is 1. The number of aromatic nitrogens is 2. The van der Waals surface area contributed by atoms with Crippen LogP contribution in [0.2, 0.25) is 0 Å². The van der Waals surface area contributed by atoms with Crippen LogP contribution < -0.4 is 0 Å². The highest BCUT2D eigenvalue weighted by Crippen LogP contribution is 2.37. The van der Waals surface area contributed by atoms with E-state index in [4.69, 9.17) is 0 Å². The lowest BCUT2D eigenvalue weighted by molar-refractivity contribution is 0.299. The quantitative estimate of drug-likeness (QED) is 0.811. The van der Waals surface area contributed by atoms with E-state index in [1.165, 1.54) is 32.0 Å². The number of rotatable bonds is 2. The molecule has 2 fully saturated rings. The highest BCUT2D eigenvalue weighted by atomic mass is 32.2. The Balaban J connectivity index is 1.83. The molecule has 18 heavy (non-hydrogen) atoms. The monoisotopic (exact) mass is 269 g/mol. The number of sulfonamides is 1. The fourth-order valence-corrected chi connectivity index (χ4v) is 4.73. The van der Waals surface area contributed by atoms with E-state index in [-0.39, 0.29) is 5.03 Å². The molecule has 3 rings (SSSR count). The van der Waals surface area contributed by atoms with E-state index < -0.39 is 10.0 Å². The molecule has 2 atom stereocenters. The minimum absolute atomic E-state index is 0.184. The van der Waals surface area contributed by atoms with Gasteiger partial charge in [-0.1, -0.05) is 12.8 Å². The molecular formula is C12H19N3O2S. The summed E-state index contributed by atoms with van der Waals surface area (Å²) >= 11 is 0. The summed E-state index contributed by atoms with van der Waals surface area (Å²) in [4.78, 5) is 3.98. The van der Waals surface area contributed by atoms with Gasteiger partial charge in [0.2, 0.25) is 0 Å². The van der Waals surface area contributed by atoms with E-state index in [0.717, 1.165) is 0 Å². The minimum atomic E-state index is -3.37. The topological polar surface area (TPSA) is 55.2 Å². The maximum atomic E-state index is 12.4. The molecule has 6 heteroatoms. The molecule has 0 bridgehead atoms. The highest BCUT2D eigenvalue weighted by molar-refractivity contribution is 7.89. The van der Waals surface area contributed by atoms with Crippen molar-refractivity contribution < 1.29 is 8.42 Å². The van der Waals surface area contributed by atoms with E-state index in [1.807, 2.05) is 0 Å². The molecule has 2 aliphatic rings. The Labute approximate surface area is 108 Å². The van der Waals surface area contributed by atoms with Crippen LogP contribution >= 0.6 is 0 Å². The van der Waals surface area contributed by atoms with Crippen LogP contribution in [0.5, 0.6) is 0 Å². The van der Waals surface area contributed by atoms with Crippen molar-refractivity contribution in [3.05, 3.63) is 12.5 Å². The van der Waals surface area contributed by atoms with Gasteiger partial charge in [-0.05, 0) is 24.7 Å². The number of hydrogen-bond acceptors (Lipinski definition) is 3. The fourth-order valence-electron chi connectivity index (χ4n) is 3.21. The van der Waals surface area contributed by atoms with Crippen molar-refractivity contribution in [2.24, 2.45) is 18.9 Å². The standard InChI is InChI=1S/C12H19N3O2S/c1-14-8-12(13-9-14)18(16,17)15-6-10-4-2-3-5-11(10)7-15/h8-11H,2-7H2,1H3. The molecule has 0 spiro atoms. The summed E-state index contributed by atoms with van der Waals surface area (Å²) in [5.74, 6) is 1.13. The molecule has 5 nitrogen and oxygen atoms in total. The molecule has 1 aromatic heterocycles. The van der Waals surface area contributed by atoms with Crippen LogP contribution in [-0.2, 0) is 17.1 Å². The largest absolute Gasteiger partial charge is 0.339 e. The van der Waals surface area contributed by atoms with E-state index in [1.54, 1.807) is 22.1 Å². The predicted octanol–water partition coefficient (Wildman–Crippen LogP) is 1.23. The molecule has 2 heterocycles. The first-order chi connectivity index (χ1) is 8.57. The number of nitrogens with zero attached hydrogens (tertiary/aromatic N) is 3. The zero-order valence-corrected chi connectivity index (χ0v) is 11.4. The van der Waals surface area contributed by atoms with Gasteiger partial charge in [-0.25, -0.2) is 13.4 Å². The lowest BCUT2D eigenvalue weighted by atomic mass is 9.82. The second-order valence-electron chi connectivity index (χ2n) is 5.50. The summed E-state index contributed by atoms with van der Waals surface area (Å²) in [5.41, 5.74) is 0. The number of fused-ring (bicyclic) bond motifs is 1. The SMILES string of the molecule is Cn1cnc(S(=O)(=O)N2CC3CCCCC3C2)c1. The zero-order chi connectivity index (χ0) is 12.8. The predicted molar refractivity (Wildman–Crippen MR) is 67.4 cm³/mol. The summed E-state index contributed by atoms with van der Waals surface area (Å²) in [5, 5.41) is 0.184. The summed E-state index contributed by atoms with van der Waals surface area (Å²) in [6, 6.07) is 0.